The van der Waals surface area contributed by atoms with Crippen LogP contribution in [0.5, 0.6) is 0 Å². The van der Waals surface area contributed by atoms with Gasteiger partial charge in [0, 0.05) is 0 Å². The minimum Gasteiger partial charge on any atom is -0.394 e. The molecule has 7 nitrogen and oxygen atoms in total. The zero-order chi connectivity index (χ0) is 21.8. The Labute approximate surface area is 184 Å². The highest BCUT2D eigenvalue weighted by atomic mass is 31.2. The number of rotatable bonds is 22. The number of nitrogens with zero attached hydrogens (tertiary/aromatic N) is 2. The van der Waals surface area contributed by atoms with Crippen molar-refractivity contribution in [2.75, 3.05) is 32.9 Å². The minimum absolute atomic E-state index is 0.0822. The second-order valence-corrected chi connectivity index (χ2v) is 9.61. The first kappa shape index (κ1) is 27.6. The third-order valence-corrected chi connectivity index (χ3v) is 6.61. The molecule has 1 unspecified atom stereocenters. The molecule has 0 fully saturated rings. The molecule has 1 rings (SSSR count). The lowest BCUT2D eigenvalue weighted by Gasteiger charge is -2.21. The fraction of sp³-hybridized carbons (Fsp3) is 0.955. The number of hydrogen-bond acceptors (Lipinski definition) is 7. The molecule has 0 aliphatic carbocycles. The highest BCUT2D eigenvalue weighted by Crippen LogP contribution is 2.50. The maximum Gasteiger partial charge on any atom is 0.496 e. The Morgan fingerprint density at radius 1 is 0.833 bits per heavy atom. The summed E-state index contributed by atoms with van der Waals surface area (Å²) in [5.41, 5.74) is 0. The number of phosphoric ester groups is 1. The molecule has 0 saturated heterocycles. The normalized spacial score (nSPS) is 15.7. The molecule has 0 radical (unpaired) electrons. The molecule has 0 bridgehead atoms. The fourth-order valence-electron chi connectivity index (χ4n) is 3.44. The first-order valence-corrected chi connectivity index (χ1v) is 13.6. The summed E-state index contributed by atoms with van der Waals surface area (Å²) >= 11 is 0. The Kier molecular flexibility index (Phi) is 17.7. The summed E-state index contributed by atoms with van der Waals surface area (Å²) in [5, 5.41) is 10.3. The molecule has 0 saturated carbocycles. The van der Waals surface area contributed by atoms with Crippen molar-refractivity contribution < 1.29 is 23.3 Å². The van der Waals surface area contributed by atoms with Gasteiger partial charge in [-0.3, -0.25) is 14.0 Å². The van der Waals surface area contributed by atoms with Crippen LogP contribution in [0, 0.1) is 0 Å². The minimum atomic E-state index is -3.70. The highest BCUT2D eigenvalue weighted by Gasteiger charge is 2.30. The largest absolute Gasteiger partial charge is 0.496 e. The molecule has 0 aromatic heterocycles. The molecule has 30 heavy (non-hydrogen) atoms. The number of hydroxylamine groups is 2. The summed E-state index contributed by atoms with van der Waals surface area (Å²) in [7, 11) is -3.70. The molecule has 1 atom stereocenters. The quantitative estimate of drug-likeness (QED) is 0.155. The Hall–Kier alpha value is -0.460. The van der Waals surface area contributed by atoms with Gasteiger partial charge in [-0.05, 0) is 6.42 Å². The molecule has 178 valence electrons. The highest BCUT2D eigenvalue weighted by molar-refractivity contribution is 7.48. The average molecular weight is 449 g/mol. The number of hydrogen-bond donors (Lipinski definition) is 1. The molecule has 0 aromatic carbocycles. The lowest BCUT2D eigenvalue weighted by Crippen LogP contribution is -2.20. The van der Waals surface area contributed by atoms with Crippen molar-refractivity contribution in [2.45, 2.75) is 103 Å². The Morgan fingerprint density at radius 3 is 1.80 bits per heavy atom. The number of aliphatic hydroxyl groups excluding tert-OH is 1. The van der Waals surface area contributed by atoms with Gasteiger partial charge in [-0.1, -0.05) is 96.8 Å². The van der Waals surface area contributed by atoms with E-state index in [1.54, 1.807) is 0 Å². The van der Waals surface area contributed by atoms with E-state index in [9.17, 15) is 4.57 Å². The van der Waals surface area contributed by atoms with Gasteiger partial charge in [0.1, 0.15) is 6.34 Å². The molecule has 0 aromatic rings. The van der Waals surface area contributed by atoms with E-state index >= 15 is 0 Å². The van der Waals surface area contributed by atoms with Crippen molar-refractivity contribution >= 4 is 14.2 Å². The smallest absolute Gasteiger partial charge is 0.394 e. The van der Waals surface area contributed by atoms with Crippen molar-refractivity contribution in [3.05, 3.63) is 0 Å². The molecule has 0 amide bonds. The molecule has 0 spiro atoms. The van der Waals surface area contributed by atoms with Gasteiger partial charge >= 0.3 is 7.82 Å². The van der Waals surface area contributed by atoms with Crippen molar-refractivity contribution in [2.24, 2.45) is 4.99 Å². The van der Waals surface area contributed by atoms with Crippen LogP contribution >= 0.6 is 7.82 Å². The van der Waals surface area contributed by atoms with Crippen molar-refractivity contribution in [3.63, 3.8) is 0 Å². The van der Waals surface area contributed by atoms with Gasteiger partial charge in [-0.2, -0.15) is 4.62 Å². The van der Waals surface area contributed by atoms with E-state index in [-0.39, 0.29) is 13.2 Å². The van der Waals surface area contributed by atoms with Crippen LogP contribution in [0.15, 0.2) is 4.99 Å². The molecule has 1 aliphatic heterocycles. The van der Waals surface area contributed by atoms with E-state index < -0.39 is 7.82 Å². The topological polar surface area (TPSA) is 80.6 Å². The first-order chi connectivity index (χ1) is 14.7. The van der Waals surface area contributed by atoms with Crippen LogP contribution in [0.4, 0.5) is 0 Å². The maximum absolute atomic E-state index is 12.6. The molecule has 1 aliphatic rings. The average Bonchev–Trinajstić information content (AvgIpc) is 3.24. The van der Waals surface area contributed by atoms with Crippen LogP contribution in [0.25, 0.3) is 0 Å². The first-order valence-electron chi connectivity index (χ1n) is 12.2. The lowest BCUT2D eigenvalue weighted by atomic mass is 10.0. The maximum atomic E-state index is 12.6. The Balaban J connectivity index is 1.92. The number of aliphatic imine (C=N–C) groups is 1. The summed E-state index contributed by atoms with van der Waals surface area (Å²) in [6, 6.07) is 0. The van der Waals surface area contributed by atoms with Crippen molar-refractivity contribution in [3.8, 4) is 0 Å². The molecular formula is C22H45N2O5P. The van der Waals surface area contributed by atoms with Gasteiger partial charge in [-0.25, -0.2) is 9.63 Å². The van der Waals surface area contributed by atoms with E-state index in [1.807, 2.05) is 0 Å². The summed E-state index contributed by atoms with van der Waals surface area (Å²) in [5.74, 6) is 0. The van der Waals surface area contributed by atoms with Crippen LogP contribution < -0.4 is 0 Å². The predicted molar refractivity (Wildman–Crippen MR) is 123 cm³/mol. The van der Waals surface area contributed by atoms with Gasteiger partial charge in [0.05, 0.1) is 32.9 Å². The summed E-state index contributed by atoms with van der Waals surface area (Å²) in [6.45, 7) is 3.40. The van der Waals surface area contributed by atoms with E-state index in [0.717, 1.165) is 12.8 Å². The molecule has 1 N–H and O–H groups in total. The standard InChI is InChI=1S/C22H45N2O5P/c1-2-3-4-5-6-7-8-9-10-11-12-13-14-15-16-20-27-30(26,28-21-19-25)29-24-18-17-23-22-24/h22,25H,2-21H2,1H3. The third kappa shape index (κ3) is 15.4. The van der Waals surface area contributed by atoms with Gasteiger partial charge < -0.3 is 5.11 Å². The van der Waals surface area contributed by atoms with Crippen molar-refractivity contribution in [1.29, 1.82) is 0 Å². The number of aliphatic hydroxyl groups is 1. The predicted octanol–water partition coefficient (Wildman–Crippen LogP) is 6.27. The monoisotopic (exact) mass is 448 g/mol. The number of unbranched alkanes of at least 4 members (excludes halogenated alkanes) is 14. The van der Waals surface area contributed by atoms with Gasteiger partial charge in [-0.15, -0.1) is 0 Å². The molecule has 8 heteroatoms. The molecule has 1 heterocycles. The third-order valence-electron chi connectivity index (χ3n) is 5.20. The zero-order valence-electron chi connectivity index (χ0n) is 19.1. The van der Waals surface area contributed by atoms with Crippen LogP contribution in [0.1, 0.15) is 103 Å². The summed E-state index contributed by atoms with van der Waals surface area (Å²) < 4.78 is 28.4. The summed E-state index contributed by atoms with van der Waals surface area (Å²) in [4.78, 5) is 4.00. The van der Waals surface area contributed by atoms with Gasteiger partial charge in [0.15, 0.2) is 0 Å². The van der Waals surface area contributed by atoms with Crippen LogP contribution in [-0.2, 0) is 18.2 Å². The zero-order valence-corrected chi connectivity index (χ0v) is 20.0. The van der Waals surface area contributed by atoms with Gasteiger partial charge in [0.25, 0.3) is 0 Å². The SMILES string of the molecule is CCCCCCCCCCCCCCCCCOP(=O)(OCCO)ON1C=NCC1. The van der Waals surface area contributed by atoms with E-state index in [4.69, 9.17) is 18.8 Å². The Morgan fingerprint density at radius 2 is 1.33 bits per heavy atom. The van der Waals surface area contributed by atoms with Gasteiger partial charge in [0.2, 0.25) is 0 Å². The van der Waals surface area contributed by atoms with Crippen LogP contribution in [0.2, 0.25) is 0 Å². The summed E-state index contributed by atoms with van der Waals surface area (Å²) in [6.07, 6.45) is 20.9. The van der Waals surface area contributed by atoms with Crippen LogP contribution in [0.3, 0.4) is 0 Å². The van der Waals surface area contributed by atoms with E-state index in [2.05, 4.69) is 11.9 Å². The molecular weight excluding hydrogens is 403 g/mol. The number of phosphoric acid groups is 1. The van der Waals surface area contributed by atoms with Crippen LogP contribution in [-0.4, -0.2) is 49.4 Å². The Bertz CT molecular complexity index is 465. The second kappa shape index (κ2) is 19.2. The van der Waals surface area contributed by atoms with E-state index in [0.29, 0.717) is 19.7 Å². The van der Waals surface area contributed by atoms with E-state index in [1.165, 1.54) is 94.9 Å². The lowest BCUT2D eigenvalue weighted by molar-refractivity contribution is -0.0241. The van der Waals surface area contributed by atoms with Crippen molar-refractivity contribution in [1.82, 2.24) is 5.06 Å². The fourth-order valence-corrected chi connectivity index (χ4v) is 4.65. The second-order valence-electron chi connectivity index (χ2n) is 8.03.